The first kappa shape index (κ1) is 15.3. The van der Waals surface area contributed by atoms with Crippen molar-refractivity contribution in [3.8, 4) is 5.75 Å². The van der Waals surface area contributed by atoms with Gasteiger partial charge in [0.1, 0.15) is 12.4 Å². The number of esters is 1. The number of carbonyl (C=O) groups excluding carboxylic acids is 1. The largest absolute Gasteiger partial charge is 0.482 e. The molecule has 0 fully saturated rings. The molecule has 3 nitrogen and oxygen atoms in total. The maximum absolute atomic E-state index is 11.6. The van der Waals surface area contributed by atoms with E-state index in [-0.39, 0.29) is 19.2 Å². The van der Waals surface area contributed by atoms with Crippen molar-refractivity contribution in [1.82, 2.24) is 0 Å². The van der Waals surface area contributed by atoms with Crippen LogP contribution in [0.3, 0.4) is 0 Å². The molecule has 0 N–H and O–H groups in total. The Morgan fingerprint density at radius 1 is 1.15 bits per heavy atom. The van der Waals surface area contributed by atoms with E-state index in [1.165, 1.54) is 0 Å². The smallest absolute Gasteiger partial charge is 0.344 e. The molecule has 0 spiro atoms. The number of benzene rings is 2. The first-order valence-electron chi connectivity index (χ1n) is 5.92. The van der Waals surface area contributed by atoms with E-state index in [1.54, 1.807) is 0 Å². The van der Waals surface area contributed by atoms with Gasteiger partial charge in [0, 0.05) is 8.04 Å². The highest BCUT2D eigenvalue weighted by molar-refractivity contribution is 14.1. The van der Waals surface area contributed by atoms with Gasteiger partial charge < -0.3 is 9.47 Å². The maximum atomic E-state index is 11.6. The molecule has 0 bridgehead atoms. The monoisotopic (exact) mass is 446 g/mol. The Morgan fingerprint density at radius 3 is 2.60 bits per heavy atom. The zero-order chi connectivity index (χ0) is 14.4. The topological polar surface area (TPSA) is 35.5 Å². The molecule has 2 rings (SSSR count). The van der Waals surface area contributed by atoms with Crippen molar-refractivity contribution in [1.29, 1.82) is 0 Å². The van der Waals surface area contributed by atoms with Gasteiger partial charge in [-0.3, -0.25) is 0 Å². The number of hydrogen-bond donors (Lipinski definition) is 0. The van der Waals surface area contributed by atoms with Crippen LogP contribution in [0.4, 0.5) is 0 Å². The Morgan fingerprint density at radius 2 is 1.90 bits per heavy atom. The van der Waals surface area contributed by atoms with Crippen molar-refractivity contribution < 1.29 is 14.3 Å². The van der Waals surface area contributed by atoms with Crippen molar-refractivity contribution in [2.75, 3.05) is 6.61 Å². The third-order valence-electron chi connectivity index (χ3n) is 2.44. The van der Waals surface area contributed by atoms with Gasteiger partial charge in [0.05, 0.1) is 0 Å². The lowest BCUT2D eigenvalue weighted by Crippen LogP contribution is -2.14. The summed E-state index contributed by atoms with van der Waals surface area (Å²) >= 11 is 5.57. The predicted molar refractivity (Wildman–Crippen MR) is 88.6 cm³/mol. The van der Waals surface area contributed by atoms with Crippen LogP contribution in [-0.4, -0.2) is 12.6 Å². The Bertz CT molecular complexity index is 567. The third-order valence-corrected chi connectivity index (χ3v) is 3.52. The average molecular weight is 447 g/mol. The van der Waals surface area contributed by atoms with Crippen LogP contribution in [0.15, 0.2) is 53.0 Å². The minimum atomic E-state index is -0.385. The van der Waals surface area contributed by atoms with Crippen LogP contribution < -0.4 is 4.74 Å². The van der Waals surface area contributed by atoms with Crippen LogP contribution in [-0.2, 0) is 16.1 Å². The highest BCUT2D eigenvalue weighted by Crippen LogP contribution is 2.22. The number of ether oxygens (including phenoxy) is 2. The minimum Gasteiger partial charge on any atom is -0.482 e. The van der Waals surface area contributed by atoms with Gasteiger partial charge in [-0.2, -0.15) is 0 Å². The fraction of sp³-hybridized carbons (Fsp3) is 0.133. The summed E-state index contributed by atoms with van der Waals surface area (Å²) in [4.78, 5) is 11.6. The Balaban J connectivity index is 1.80. The van der Waals surface area contributed by atoms with E-state index in [0.717, 1.165) is 13.6 Å². The zero-order valence-electron chi connectivity index (χ0n) is 10.5. The second kappa shape index (κ2) is 7.64. The first-order chi connectivity index (χ1) is 9.63. The summed E-state index contributed by atoms with van der Waals surface area (Å²) in [6.07, 6.45) is 0. The van der Waals surface area contributed by atoms with Crippen molar-refractivity contribution in [2.24, 2.45) is 0 Å². The molecule has 0 aliphatic rings. The molecule has 5 heteroatoms. The molecule has 0 atom stereocenters. The molecule has 2 aromatic carbocycles. The van der Waals surface area contributed by atoms with Crippen molar-refractivity contribution in [3.63, 3.8) is 0 Å². The van der Waals surface area contributed by atoms with E-state index in [9.17, 15) is 4.79 Å². The zero-order valence-corrected chi connectivity index (χ0v) is 14.3. The first-order valence-corrected chi connectivity index (χ1v) is 7.79. The highest BCUT2D eigenvalue weighted by atomic mass is 127. The molecule has 0 radical (unpaired) electrons. The lowest BCUT2D eigenvalue weighted by atomic mass is 10.2. The van der Waals surface area contributed by atoms with Gasteiger partial charge in [0.2, 0.25) is 0 Å². The van der Waals surface area contributed by atoms with Gasteiger partial charge in [-0.05, 0) is 46.4 Å². The van der Waals surface area contributed by atoms with E-state index in [0.29, 0.717) is 5.75 Å². The second-order valence-corrected chi connectivity index (χ2v) is 6.20. The quantitative estimate of drug-likeness (QED) is 0.510. The van der Waals surface area contributed by atoms with Crippen LogP contribution in [0.2, 0.25) is 0 Å². The Hall–Kier alpha value is -1.08. The van der Waals surface area contributed by atoms with Crippen LogP contribution >= 0.6 is 38.5 Å². The molecule has 0 unspecified atom stereocenters. The number of carbonyl (C=O) groups is 1. The van der Waals surface area contributed by atoms with E-state index in [1.807, 2.05) is 48.5 Å². The van der Waals surface area contributed by atoms with Gasteiger partial charge in [-0.15, -0.1) is 0 Å². The number of halogens is 2. The van der Waals surface area contributed by atoms with E-state index in [4.69, 9.17) is 9.47 Å². The van der Waals surface area contributed by atoms with Gasteiger partial charge in [0.25, 0.3) is 0 Å². The summed E-state index contributed by atoms with van der Waals surface area (Å²) in [6, 6.07) is 15.2. The fourth-order valence-corrected chi connectivity index (χ4v) is 3.08. The van der Waals surface area contributed by atoms with Crippen molar-refractivity contribution in [3.05, 3.63) is 62.1 Å². The summed E-state index contributed by atoms with van der Waals surface area (Å²) in [5.41, 5.74) is 0.956. The Labute approximate surface area is 139 Å². The predicted octanol–water partition coefficient (Wildman–Crippen LogP) is 4.18. The summed E-state index contributed by atoms with van der Waals surface area (Å²) in [5, 5.41) is 0. The summed E-state index contributed by atoms with van der Waals surface area (Å²) in [5.74, 6) is 0.254. The molecule has 0 aromatic heterocycles. The van der Waals surface area contributed by atoms with E-state index in [2.05, 4.69) is 38.5 Å². The summed E-state index contributed by atoms with van der Waals surface area (Å²) in [6.45, 7) is 0.165. The van der Waals surface area contributed by atoms with Crippen molar-refractivity contribution in [2.45, 2.75) is 6.61 Å². The third kappa shape index (κ3) is 5.13. The SMILES string of the molecule is O=C(COc1cc(Br)cc(I)c1)OCc1ccccc1. The van der Waals surface area contributed by atoms with Gasteiger partial charge in [-0.25, -0.2) is 4.79 Å². The fourth-order valence-electron chi connectivity index (χ4n) is 1.53. The molecule has 0 saturated heterocycles. The van der Waals surface area contributed by atoms with Crippen LogP contribution in [0.5, 0.6) is 5.75 Å². The molecule has 0 aliphatic heterocycles. The van der Waals surface area contributed by atoms with Crippen molar-refractivity contribution >= 4 is 44.5 Å². The Kier molecular flexibility index (Phi) is 5.85. The van der Waals surface area contributed by atoms with E-state index < -0.39 is 0 Å². The molecule has 20 heavy (non-hydrogen) atoms. The summed E-state index contributed by atoms with van der Waals surface area (Å²) < 4.78 is 12.5. The van der Waals surface area contributed by atoms with Gasteiger partial charge in [0.15, 0.2) is 6.61 Å². The molecule has 0 aliphatic carbocycles. The standard InChI is InChI=1S/C15H12BrIO3/c16-12-6-13(17)8-14(7-12)19-10-15(18)20-9-11-4-2-1-3-5-11/h1-8H,9-10H2. The molecule has 0 amide bonds. The number of rotatable bonds is 5. The molecule has 104 valence electrons. The second-order valence-electron chi connectivity index (χ2n) is 4.04. The van der Waals surface area contributed by atoms with Crippen LogP contribution in [0, 0.1) is 3.57 Å². The normalized spacial score (nSPS) is 10.1. The molecule has 0 heterocycles. The molecule has 2 aromatic rings. The minimum absolute atomic E-state index is 0.0979. The van der Waals surface area contributed by atoms with Gasteiger partial charge in [-0.1, -0.05) is 46.3 Å². The van der Waals surface area contributed by atoms with Gasteiger partial charge >= 0.3 is 5.97 Å². The van der Waals surface area contributed by atoms with Crippen LogP contribution in [0.1, 0.15) is 5.56 Å². The lowest BCUT2D eigenvalue weighted by Gasteiger charge is -2.08. The molecular weight excluding hydrogens is 435 g/mol. The lowest BCUT2D eigenvalue weighted by molar-refractivity contribution is -0.147. The highest BCUT2D eigenvalue weighted by Gasteiger charge is 2.06. The maximum Gasteiger partial charge on any atom is 0.344 e. The van der Waals surface area contributed by atoms with Crippen LogP contribution in [0.25, 0.3) is 0 Å². The number of hydrogen-bond acceptors (Lipinski definition) is 3. The summed E-state index contributed by atoms with van der Waals surface area (Å²) in [7, 11) is 0. The molecule has 0 saturated carbocycles. The average Bonchev–Trinajstić information content (AvgIpc) is 2.43. The molecular formula is C15H12BrIO3. The van der Waals surface area contributed by atoms with E-state index >= 15 is 0 Å².